The first-order valence-electron chi connectivity index (χ1n) is 5.90. The quantitative estimate of drug-likeness (QED) is 0.843. The summed E-state index contributed by atoms with van der Waals surface area (Å²) in [6.07, 6.45) is 1.63. The predicted octanol–water partition coefficient (Wildman–Crippen LogP) is 1.16. The van der Waals surface area contributed by atoms with E-state index in [-0.39, 0.29) is 25.0 Å². The summed E-state index contributed by atoms with van der Waals surface area (Å²) in [4.78, 5) is 29.1. The minimum Gasteiger partial charge on any atom is -0.465 e. The molecule has 1 aliphatic heterocycles. The topological polar surface area (TPSA) is 71.5 Å². The summed E-state index contributed by atoms with van der Waals surface area (Å²) in [5, 5.41) is 2.72. The second-order valence-electron chi connectivity index (χ2n) is 4.16. The lowest BCUT2D eigenvalue weighted by atomic mass is 10.2. The van der Waals surface area contributed by atoms with Crippen LogP contribution in [0.2, 0.25) is 0 Å². The zero-order valence-corrected chi connectivity index (χ0v) is 12.1. The molecule has 2 rings (SSSR count). The number of rotatable bonds is 3. The van der Waals surface area contributed by atoms with Gasteiger partial charge in [-0.1, -0.05) is 0 Å². The third kappa shape index (κ3) is 3.74. The lowest BCUT2D eigenvalue weighted by Gasteiger charge is -2.17. The molecule has 0 saturated carbocycles. The maximum Gasteiger partial charge on any atom is 0.320 e. The molecule has 0 spiro atoms. The minimum atomic E-state index is -0.332. The van der Waals surface area contributed by atoms with Crippen molar-refractivity contribution < 1.29 is 14.3 Å². The number of fused-ring (bicyclic) bond motifs is 1. The largest absolute Gasteiger partial charge is 0.465 e. The number of anilines is 1. The van der Waals surface area contributed by atoms with E-state index in [9.17, 15) is 9.59 Å². The molecule has 0 bridgehead atoms. The van der Waals surface area contributed by atoms with E-state index < -0.39 is 0 Å². The standard InChI is InChI=1S/C12H14BrN3O3/c1-2-19-11(18)7-16-5-8-3-9(13)4-14-12(8)15-10(17)6-16/h3-4H,2,5-7H2,1H3,(H,14,15,17). The van der Waals surface area contributed by atoms with Crippen LogP contribution in [0, 0.1) is 0 Å². The molecule has 19 heavy (non-hydrogen) atoms. The second kappa shape index (κ2) is 6.12. The van der Waals surface area contributed by atoms with E-state index >= 15 is 0 Å². The fourth-order valence-electron chi connectivity index (χ4n) is 1.89. The highest BCUT2D eigenvalue weighted by atomic mass is 79.9. The molecule has 7 heteroatoms. The number of hydrogen-bond acceptors (Lipinski definition) is 5. The summed E-state index contributed by atoms with van der Waals surface area (Å²) < 4.78 is 5.73. The lowest BCUT2D eigenvalue weighted by Crippen LogP contribution is -2.35. The first kappa shape index (κ1) is 14.0. The van der Waals surface area contributed by atoms with Gasteiger partial charge in [-0.2, -0.15) is 0 Å². The van der Waals surface area contributed by atoms with Gasteiger partial charge < -0.3 is 10.1 Å². The smallest absolute Gasteiger partial charge is 0.320 e. The number of hydrogen-bond donors (Lipinski definition) is 1. The molecule has 0 atom stereocenters. The molecule has 6 nitrogen and oxygen atoms in total. The van der Waals surface area contributed by atoms with E-state index in [2.05, 4.69) is 26.2 Å². The van der Waals surface area contributed by atoms with Crippen LogP contribution in [0.15, 0.2) is 16.7 Å². The summed E-state index contributed by atoms with van der Waals surface area (Å²) >= 11 is 3.34. The second-order valence-corrected chi connectivity index (χ2v) is 5.08. The molecule has 0 aromatic carbocycles. The monoisotopic (exact) mass is 327 g/mol. The first-order valence-corrected chi connectivity index (χ1v) is 6.70. The van der Waals surface area contributed by atoms with Gasteiger partial charge in [-0.15, -0.1) is 0 Å². The summed E-state index contributed by atoms with van der Waals surface area (Å²) in [6, 6.07) is 1.88. The van der Waals surface area contributed by atoms with Crippen molar-refractivity contribution in [3.05, 3.63) is 22.3 Å². The van der Waals surface area contributed by atoms with Gasteiger partial charge in [0.25, 0.3) is 0 Å². The van der Waals surface area contributed by atoms with E-state index in [1.54, 1.807) is 18.0 Å². The number of nitrogens with zero attached hydrogens (tertiary/aromatic N) is 2. The average Bonchev–Trinajstić information content (AvgIpc) is 2.46. The van der Waals surface area contributed by atoms with Crippen LogP contribution in [-0.4, -0.2) is 41.5 Å². The molecular formula is C12H14BrN3O3. The van der Waals surface area contributed by atoms with Crippen LogP contribution in [0.25, 0.3) is 0 Å². The number of esters is 1. The van der Waals surface area contributed by atoms with E-state index in [1.807, 2.05) is 6.07 Å². The maximum absolute atomic E-state index is 11.7. The number of aromatic nitrogens is 1. The summed E-state index contributed by atoms with van der Waals surface area (Å²) in [7, 11) is 0. The van der Waals surface area contributed by atoms with Crippen LogP contribution in [0.1, 0.15) is 12.5 Å². The molecule has 1 aromatic heterocycles. The van der Waals surface area contributed by atoms with Crippen molar-refractivity contribution in [2.24, 2.45) is 0 Å². The summed E-state index contributed by atoms with van der Waals surface area (Å²) in [5.74, 6) is 0.0270. The van der Waals surface area contributed by atoms with Crippen molar-refractivity contribution in [3.8, 4) is 0 Å². The van der Waals surface area contributed by atoms with Gasteiger partial charge >= 0.3 is 5.97 Å². The van der Waals surface area contributed by atoms with Gasteiger partial charge in [0.1, 0.15) is 5.82 Å². The summed E-state index contributed by atoms with van der Waals surface area (Å²) in [6.45, 7) is 2.80. The Morgan fingerprint density at radius 3 is 3.11 bits per heavy atom. The molecule has 0 saturated heterocycles. The highest BCUT2D eigenvalue weighted by Gasteiger charge is 2.22. The molecule has 0 unspecified atom stereocenters. The third-order valence-corrected chi connectivity index (χ3v) is 3.04. The molecule has 2 heterocycles. The number of pyridine rings is 1. The van der Waals surface area contributed by atoms with Crippen molar-refractivity contribution in [3.63, 3.8) is 0 Å². The molecule has 0 radical (unpaired) electrons. The fraction of sp³-hybridized carbons (Fsp3) is 0.417. The van der Waals surface area contributed by atoms with Crippen molar-refractivity contribution in [2.75, 3.05) is 25.0 Å². The van der Waals surface area contributed by atoms with E-state index in [4.69, 9.17) is 4.74 Å². The molecule has 1 aliphatic rings. The van der Waals surface area contributed by atoms with Crippen LogP contribution < -0.4 is 5.32 Å². The molecule has 1 aromatic rings. The van der Waals surface area contributed by atoms with Crippen LogP contribution in [0.4, 0.5) is 5.82 Å². The zero-order chi connectivity index (χ0) is 13.8. The average molecular weight is 328 g/mol. The van der Waals surface area contributed by atoms with Crippen LogP contribution >= 0.6 is 15.9 Å². The number of carbonyl (C=O) groups excluding carboxylic acids is 2. The van der Waals surface area contributed by atoms with Gasteiger partial charge in [0.05, 0.1) is 19.7 Å². The Kier molecular flexibility index (Phi) is 4.49. The van der Waals surface area contributed by atoms with Crippen molar-refractivity contribution in [1.82, 2.24) is 9.88 Å². The fourth-order valence-corrected chi connectivity index (χ4v) is 2.27. The number of halogens is 1. The minimum absolute atomic E-state index is 0.0905. The van der Waals surface area contributed by atoms with Crippen LogP contribution in [-0.2, 0) is 20.9 Å². The van der Waals surface area contributed by atoms with E-state index in [0.717, 1.165) is 10.0 Å². The Morgan fingerprint density at radius 1 is 1.58 bits per heavy atom. The number of nitrogens with one attached hydrogen (secondary N) is 1. The highest BCUT2D eigenvalue weighted by Crippen LogP contribution is 2.21. The third-order valence-electron chi connectivity index (χ3n) is 2.61. The number of amides is 1. The molecule has 102 valence electrons. The lowest BCUT2D eigenvalue weighted by molar-refractivity contribution is -0.144. The van der Waals surface area contributed by atoms with Gasteiger partial charge in [-0.3, -0.25) is 14.5 Å². The van der Waals surface area contributed by atoms with Gasteiger partial charge in [0.2, 0.25) is 5.91 Å². The molecule has 1 amide bonds. The Morgan fingerprint density at radius 2 is 2.37 bits per heavy atom. The summed E-state index contributed by atoms with van der Waals surface area (Å²) in [5.41, 5.74) is 0.865. The SMILES string of the molecule is CCOC(=O)CN1CC(=O)Nc2ncc(Br)cc2C1. The van der Waals surface area contributed by atoms with Crippen molar-refractivity contribution in [2.45, 2.75) is 13.5 Å². The normalized spacial score (nSPS) is 15.4. The van der Waals surface area contributed by atoms with Crippen LogP contribution in [0.5, 0.6) is 0 Å². The Hall–Kier alpha value is -1.47. The van der Waals surface area contributed by atoms with Crippen molar-refractivity contribution >= 4 is 33.6 Å². The van der Waals surface area contributed by atoms with Gasteiger partial charge in [0.15, 0.2) is 0 Å². The highest BCUT2D eigenvalue weighted by molar-refractivity contribution is 9.10. The Labute approximate surface area is 119 Å². The number of ether oxygens (including phenoxy) is 1. The van der Waals surface area contributed by atoms with E-state index in [0.29, 0.717) is 19.0 Å². The Bertz CT molecular complexity index is 507. The van der Waals surface area contributed by atoms with Crippen LogP contribution in [0.3, 0.4) is 0 Å². The molecule has 1 N–H and O–H groups in total. The van der Waals surface area contributed by atoms with Gasteiger partial charge in [-0.05, 0) is 28.9 Å². The van der Waals surface area contributed by atoms with Gasteiger partial charge in [-0.25, -0.2) is 4.98 Å². The van der Waals surface area contributed by atoms with Gasteiger partial charge in [0, 0.05) is 22.8 Å². The number of carbonyl (C=O) groups is 2. The molecular weight excluding hydrogens is 314 g/mol. The Balaban J connectivity index is 2.15. The first-order chi connectivity index (χ1) is 9.08. The molecule has 0 aliphatic carbocycles. The van der Waals surface area contributed by atoms with Crippen molar-refractivity contribution in [1.29, 1.82) is 0 Å². The molecule has 0 fully saturated rings. The predicted molar refractivity (Wildman–Crippen MR) is 72.5 cm³/mol. The zero-order valence-electron chi connectivity index (χ0n) is 10.5. The van der Waals surface area contributed by atoms with E-state index in [1.165, 1.54) is 0 Å². The maximum atomic E-state index is 11.7.